The summed E-state index contributed by atoms with van der Waals surface area (Å²) >= 11 is 1.22. The molecule has 33 heavy (non-hydrogen) atoms. The van der Waals surface area contributed by atoms with Crippen molar-refractivity contribution >= 4 is 40.2 Å². The molecule has 1 unspecified atom stereocenters. The predicted molar refractivity (Wildman–Crippen MR) is 125 cm³/mol. The van der Waals surface area contributed by atoms with Crippen molar-refractivity contribution < 1.29 is 9.90 Å². The molecule has 1 saturated heterocycles. The van der Waals surface area contributed by atoms with Crippen LogP contribution in [-0.2, 0) is 0 Å². The lowest BCUT2D eigenvalue weighted by Crippen LogP contribution is -2.29. The number of nitrogens with zero attached hydrogens (tertiary/aromatic N) is 7. The molecule has 0 aliphatic carbocycles. The molecule has 4 aromatic heterocycles. The minimum Gasteiger partial charge on any atom is -0.391 e. The Morgan fingerprint density at radius 3 is 2.91 bits per heavy atom. The number of fused-ring (bicyclic) bond motifs is 1. The molecule has 0 saturated carbocycles. The Kier molecular flexibility index (Phi) is 5.60. The third-order valence-electron chi connectivity index (χ3n) is 5.15. The highest BCUT2D eigenvalue weighted by molar-refractivity contribution is 7.16. The number of likely N-dealkylation sites (tertiary alicyclic amines) is 1. The summed E-state index contributed by atoms with van der Waals surface area (Å²) in [6, 6.07) is 5.76. The van der Waals surface area contributed by atoms with Crippen molar-refractivity contribution in [1.82, 2.24) is 34.7 Å². The van der Waals surface area contributed by atoms with E-state index in [9.17, 15) is 9.90 Å². The molecule has 1 aliphatic rings. The second kappa shape index (κ2) is 8.71. The van der Waals surface area contributed by atoms with Gasteiger partial charge in [-0.05, 0) is 32.4 Å². The molecule has 5 heterocycles. The zero-order valence-electron chi connectivity index (χ0n) is 18.1. The van der Waals surface area contributed by atoms with Crippen molar-refractivity contribution in [3.63, 3.8) is 0 Å². The summed E-state index contributed by atoms with van der Waals surface area (Å²) < 4.78 is 1.68. The molecule has 0 bridgehead atoms. The van der Waals surface area contributed by atoms with Crippen molar-refractivity contribution in [2.24, 2.45) is 0 Å². The Bertz CT molecular complexity index is 1300. The second-order valence-electron chi connectivity index (χ2n) is 8.09. The van der Waals surface area contributed by atoms with E-state index in [1.165, 1.54) is 11.3 Å². The van der Waals surface area contributed by atoms with Gasteiger partial charge < -0.3 is 20.6 Å². The maximum Gasteiger partial charge on any atom is 0.284 e. The first-order valence-electron chi connectivity index (χ1n) is 10.6. The number of amides is 1. The van der Waals surface area contributed by atoms with Crippen molar-refractivity contribution in [1.29, 1.82) is 0 Å². The number of imidazole rings is 1. The number of pyridine rings is 1. The lowest BCUT2D eigenvalue weighted by atomic mass is 10.2. The van der Waals surface area contributed by atoms with Crippen LogP contribution in [0.4, 0.5) is 17.3 Å². The number of carbonyl (C=O) groups excluding carboxylic acids is 1. The highest BCUT2D eigenvalue weighted by Crippen LogP contribution is 2.33. The molecule has 4 aromatic rings. The van der Waals surface area contributed by atoms with Crippen LogP contribution in [0.1, 0.15) is 30.1 Å². The first-order valence-corrected chi connectivity index (χ1v) is 11.4. The summed E-state index contributed by atoms with van der Waals surface area (Å²) in [6.07, 6.45) is 5.28. The number of β-amino-alcohol motifs (C(OH)–C–C–N with tert-alkyl or cyclic N) is 1. The zero-order valence-corrected chi connectivity index (χ0v) is 19.0. The van der Waals surface area contributed by atoms with E-state index in [0.717, 1.165) is 16.9 Å². The number of aromatic nitrogens is 6. The van der Waals surface area contributed by atoms with E-state index < -0.39 is 6.10 Å². The van der Waals surface area contributed by atoms with E-state index in [4.69, 9.17) is 0 Å². The SMILES string of the molecule is CC(C)Nc1cc(Nc2ccc3nccn3n2)ncc1-c1nnc(C(=O)N2CCC(O)C2)s1. The van der Waals surface area contributed by atoms with Crippen molar-refractivity contribution in [2.45, 2.75) is 32.4 Å². The Labute approximate surface area is 193 Å². The minimum atomic E-state index is -0.476. The van der Waals surface area contributed by atoms with Crippen LogP contribution in [0.3, 0.4) is 0 Å². The summed E-state index contributed by atoms with van der Waals surface area (Å²) in [5.41, 5.74) is 2.33. The maximum absolute atomic E-state index is 12.7. The van der Waals surface area contributed by atoms with Crippen molar-refractivity contribution in [3.8, 4) is 10.6 Å². The number of hydrogen-bond acceptors (Lipinski definition) is 10. The van der Waals surface area contributed by atoms with Crippen molar-refractivity contribution in [3.05, 3.63) is 41.8 Å². The van der Waals surface area contributed by atoms with Gasteiger partial charge in [0.05, 0.1) is 11.7 Å². The normalized spacial score (nSPS) is 16.0. The highest BCUT2D eigenvalue weighted by atomic mass is 32.1. The number of hydrogen-bond donors (Lipinski definition) is 3. The average Bonchev–Trinajstić information content (AvgIpc) is 3.53. The molecule has 170 valence electrons. The first kappa shape index (κ1) is 21.2. The smallest absolute Gasteiger partial charge is 0.284 e. The van der Waals surface area contributed by atoms with Crippen LogP contribution in [0.15, 0.2) is 36.8 Å². The Hall–Kier alpha value is -3.64. The van der Waals surface area contributed by atoms with Gasteiger partial charge in [-0.25, -0.2) is 14.5 Å². The summed E-state index contributed by atoms with van der Waals surface area (Å²) in [6.45, 7) is 4.93. The van der Waals surface area contributed by atoms with Gasteiger partial charge in [0, 0.05) is 49.5 Å². The molecule has 5 rings (SSSR count). The molecule has 0 radical (unpaired) electrons. The third-order valence-corrected chi connectivity index (χ3v) is 6.09. The summed E-state index contributed by atoms with van der Waals surface area (Å²) in [4.78, 5) is 23.0. The molecule has 1 fully saturated rings. The maximum atomic E-state index is 12.7. The van der Waals surface area contributed by atoms with E-state index in [1.54, 1.807) is 28.0 Å². The monoisotopic (exact) mass is 465 g/mol. The topological polar surface area (TPSA) is 133 Å². The fourth-order valence-electron chi connectivity index (χ4n) is 3.62. The number of nitrogens with one attached hydrogen (secondary N) is 2. The Balaban J connectivity index is 1.41. The molecular formula is C21H23N9O2S. The average molecular weight is 466 g/mol. The van der Waals surface area contributed by atoms with Gasteiger partial charge in [0.15, 0.2) is 16.5 Å². The Morgan fingerprint density at radius 2 is 2.12 bits per heavy atom. The summed E-state index contributed by atoms with van der Waals surface area (Å²) in [5.74, 6) is 1.04. The van der Waals surface area contributed by atoms with E-state index in [1.807, 2.05) is 32.0 Å². The van der Waals surface area contributed by atoms with E-state index >= 15 is 0 Å². The zero-order chi connectivity index (χ0) is 22.9. The molecule has 12 heteroatoms. The van der Waals surface area contributed by atoms with Gasteiger partial charge in [-0.1, -0.05) is 11.3 Å². The van der Waals surface area contributed by atoms with Crippen molar-refractivity contribution in [2.75, 3.05) is 23.7 Å². The van der Waals surface area contributed by atoms with Crippen LogP contribution in [0, 0.1) is 0 Å². The minimum absolute atomic E-state index is 0.166. The number of carbonyl (C=O) groups is 1. The number of aliphatic hydroxyl groups excluding tert-OH is 1. The van der Waals surface area contributed by atoms with E-state index in [-0.39, 0.29) is 11.9 Å². The molecule has 1 aliphatic heterocycles. The van der Waals surface area contributed by atoms with Gasteiger partial charge in [0.2, 0.25) is 5.01 Å². The fourth-order valence-corrected chi connectivity index (χ4v) is 4.45. The molecule has 0 spiro atoms. The Morgan fingerprint density at radius 1 is 1.24 bits per heavy atom. The fraction of sp³-hybridized carbons (Fsp3) is 0.333. The van der Waals surface area contributed by atoms with Gasteiger partial charge in [-0.2, -0.15) is 0 Å². The van der Waals surface area contributed by atoms with E-state index in [0.29, 0.717) is 41.2 Å². The molecule has 0 aromatic carbocycles. The van der Waals surface area contributed by atoms with Crippen LogP contribution >= 0.6 is 11.3 Å². The van der Waals surface area contributed by atoms with Crippen LogP contribution in [0.5, 0.6) is 0 Å². The molecular weight excluding hydrogens is 442 g/mol. The molecule has 1 amide bonds. The lowest BCUT2D eigenvalue weighted by molar-refractivity contribution is 0.0763. The van der Waals surface area contributed by atoms with Crippen LogP contribution in [0.2, 0.25) is 0 Å². The molecule has 11 nitrogen and oxygen atoms in total. The molecule has 3 N–H and O–H groups in total. The first-order chi connectivity index (χ1) is 16.0. The quantitative estimate of drug-likeness (QED) is 0.392. The van der Waals surface area contributed by atoms with Gasteiger partial charge in [-0.15, -0.1) is 15.3 Å². The second-order valence-corrected chi connectivity index (χ2v) is 9.07. The highest BCUT2D eigenvalue weighted by Gasteiger charge is 2.28. The molecule has 1 atom stereocenters. The van der Waals surface area contributed by atoms with Gasteiger partial charge in [0.1, 0.15) is 5.82 Å². The van der Waals surface area contributed by atoms with E-state index in [2.05, 4.69) is 35.9 Å². The van der Waals surface area contributed by atoms with Crippen LogP contribution < -0.4 is 10.6 Å². The van der Waals surface area contributed by atoms with Gasteiger partial charge >= 0.3 is 0 Å². The van der Waals surface area contributed by atoms with Crippen LogP contribution in [-0.4, -0.2) is 70.9 Å². The van der Waals surface area contributed by atoms with Gasteiger partial charge in [-0.3, -0.25) is 4.79 Å². The van der Waals surface area contributed by atoms with Crippen LogP contribution in [0.25, 0.3) is 16.2 Å². The number of aliphatic hydroxyl groups is 1. The lowest BCUT2D eigenvalue weighted by Gasteiger charge is -2.15. The van der Waals surface area contributed by atoms with Gasteiger partial charge in [0.25, 0.3) is 5.91 Å². The number of anilines is 3. The summed E-state index contributed by atoms with van der Waals surface area (Å²) in [5, 5.41) is 30.1. The predicted octanol–water partition coefficient (Wildman–Crippen LogP) is 2.41. The summed E-state index contributed by atoms with van der Waals surface area (Å²) in [7, 11) is 0. The standard InChI is InChI=1S/C21H23N9O2S/c1-12(2)24-15-9-17(25-16-3-4-18-22-6-8-30(18)28-16)23-10-14(15)19-26-27-20(33-19)21(32)29-7-5-13(31)11-29/h3-4,6,8-10,12-13,31H,5,7,11H2,1-2H3,(H2,23,24,25,28). The third kappa shape index (κ3) is 4.47. The number of rotatable bonds is 6. The largest absolute Gasteiger partial charge is 0.391 e.